The van der Waals surface area contributed by atoms with E-state index in [0.29, 0.717) is 24.5 Å². The van der Waals surface area contributed by atoms with Gasteiger partial charge in [-0.3, -0.25) is 14.5 Å². The molecule has 2 aliphatic heterocycles. The van der Waals surface area contributed by atoms with Crippen molar-refractivity contribution in [3.63, 3.8) is 0 Å². The Morgan fingerprint density at radius 2 is 2.20 bits per heavy atom. The van der Waals surface area contributed by atoms with E-state index in [2.05, 4.69) is 15.9 Å². The van der Waals surface area contributed by atoms with Crippen molar-refractivity contribution in [1.82, 2.24) is 0 Å². The third-order valence-electron chi connectivity index (χ3n) is 3.91. The maximum atomic E-state index is 12.1. The van der Waals surface area contributed by atoms with Gasteiger partial charge in [-0.1, -0.05) is 6.07 Å². The highest BCUT2D eigenvalue weighted by atomic mass is 79.9. The number of amides is 1. The standard InChI is InChI=1S/C14H15BrN2O3/c15-11-5-1-4-10-12(11)17(14(20)13(10)19)8-16-6-2-3-9(18)7-16/h1,4-5,9,18H,2-3,6-8H2/p+1/t9-/m0/s1. The Kier molecular flexibility index (Phi) is 3.62. The molecule has 1 amide bonds. The van der Waals surface area contributed by atoms with Gasteiger partial charge in [0.2, 0.25) is 0 Å². The van der Waals surface area contributed by atoms with E-state index in [9.17, 15) is 14.7 Å². The number of rotatable bonds is 2. The number of quaternary nitrogens is 1. The van der Waals surface area contributed by atoms with E-state index in [0.717, 1.165) is 28.8 Å². The molecule has 20 heavy (non-hydrogen) atoms. The Labute approximate surface area is 125 Å². The summed E-state index contributed by atoms with van der Waals surface area (Å²) in [6, 6.07) is 5.27. The van der Waals surface area contributed by atoms with Crippen molar-refractivity contribution in [2.75, 3.05) is 24.7 Å². The highest BCUT2D eigenvalue weighted by Gasteiger charge is 2.39. The normalized spacial score (nSPS) is 26.0. The molecule has 2 heterocycles. The minimum absolute atomic E-state index is 0.314. The fraction of sp³-hybridized carbons (Fsp3) is 0.429. The average molecular weight is 340 g/mol. The van der Waals surface area contributed by atoms with Gasteiger partial charge in [0.25, 0.3) is 5.78 Å². The first-order chi connectivity index (χ1) is 9.58. The van der Waals surface area contributed by atoms with E-state index in [-0.39, 0.29) is 6.10 Å². The van der Waals surface area contributed by atoms with E-state index in [4.69, 9.17) is 0 Å². The molecule has 1 aromatic carbocycles. The number of hydrogen-bond acceptors (Lipinski definition) is 3. The Bertz CT molecular complexity index is 576. The minimum Gasteiger partial charge on any atom is -0.387 e. The first-order valence-corrected chi connectivity index (χ1v) is 7.53. The van der Waals surface area contributed by atoms with E-state index < -0.39 is 11.7 Å². The number of aliphatic hydroxyl groups is 1. The third kappa shape index (κ3) is 2.28. The lowest BCUT2D eigenvalue weighted by Crippen LogP contribution is -3.15. The summed E-state index contributed by atoms with van der Waals surface area (Å²) in [6.07, 6.45) is 1.44. The monoisotopic (exact) mass is 339 g/mol. The molecule has 0 saturated carbocycles. The minimum atomic E-state index is -0.473. The summed E-state index contributed by atoms with van der Waals surface area (Å²) in [5.41, 5.74) is 1.12. The van der Waals surface area contributed by atoms with Crippen molar-refractivity contribution in [3.8, 4) is 0 Å². The number of para-hydroxylation sites is 1. The first-order valence-electron chi connectivity index (χ1n) is 6.74. The molecule has 106 valence electrons. The molecule has 2 aliphatic rings. The Hall–Kier alpha value is -1.24. The molecule has 6 heteroatoms. The Morgan fingerprint density at radius 1 is 1.40 bits per heavy atom. The van der Waals surface area contributed by atoms with Gasteiger partial charge in [-0.25, -0.2) is 0 Å². The summed E-state index contributed by atoms with van der Waals surface area (Å²) < 4.78 is 0.756. The number of carbonyl (C=O) groups is 2. The lowest BCUT2D eigenvalue weighted by Gasteiger charge is -2.30. The van der Waals surface area contributed by atoms with Crippen LogP contribution in [0.2, 0.25) is 0 Å². The van der Waals surface area contributed by atoms with Crippen molar-refractivity contribution in [2.24, 2.45) is 0 Å². The predicted octanol–water partition coefficient (Wildman–Crippen LogP) is -0.0245. The summed E-state index contributed by atoms with van der Waals surface area (Å²) in [5, 5.41) is 9.72. The van der Waals surface area contributed by atoms with Crippen molar-refractivity contribution in [1.29, 1.82) is 0 Å². The van der Waals surface area contributed by atoms with Crippen molar-refractivity contribution < 1.29 is 19.6 Å². The van der Waals surface area contributed by atoms with Crippen LogP contribution in [0.4, 0.5) is 5.69 Å². The van der Waals surface area contributed by atoms with Gasteiger partial charge in [0.15, 0.2) is 6.67 Å². The molecule has 2 atom stereocenters. The van der Waals surface area contributed by atoms with Gasteiger partial charge in [0, 0.05) is 4.47 Å². The largest absolute Gasteiger partial charge is 0.387 e. The zero-order valence-electron chi connectivity index (χ0n) is 10.9. The van der Waals surface area contributed by atoms with Gasteiger partial charge in [0.1, 0.15) is 12.6 Å². The number of anilines is 1. The summed E-state index contributed by atoms with van der Waals surface area (Å²) in [5.74, 6) is -0.919. The smallest absolute Gasteiger partial charge is 0.303 e. The fourth-order valence-corrected chi connectivity index (χ4v) is 3.54. The van der Waals surface area contributed by atoms with Crippen LogP contribution in [0.5, 0.6) is 0 Å². The number of carbonyl (C=O) groups excluding carboxylic acids is 2. The first kappa shape index (κ1) is 13.7. The molecule has 2 N–H and O–H groups in total. The Balaban J connectivity index is 1.87. The second kappa shape index (κ2) is 5.27. The van der Waals surface area contributed by atoms with Crippen LogP contribution in [0, 0.1) is 0 Å². The van der Waals surface area contributed by atoms with Crippen LogP contribution < -0.4 is 9.80 Å². The van der Waals surface area contributed by atoms with Crippen molar-refractivity contribution in [3.05, 3.63) is 28.2 Å². The second-order valence-corrected chi connectivity index (χ2v) is 6.21. The molecule has 0 aromatic heterocycles. The van der Waals surface area contributed by atoms with Crippen LogP contribution in [0.15, 0.2) is 22.7 Å². The number of Topliss-reactive ketones (excluding diaryl/α,β-unsaturated/α-hetero) is 1. The molecule has 1 aromatic rings. The molecule has 0 spiro atoms. The van der Waals surface area contributed by atoms with E-state index in [1.807, 2.05) is 6.07 Å². The molecule has 0 radical (unpaired) electrons. The average Bonchev–Trinajstić information content (AvgIpc) is 2.66. The molecule has 0 aliphatic carbocycles. The fourth-order valence-electron chi connectivity index (χ4n) is 2.96. The van der Waals surface area contributed by atoms with E-state index in [1.54, 1.807) is 12.1 Å². The number of piperidine rings is 1. The zero-order valence-corrected chi connectivity index (χ0v) is 12.5. The number of hydrogen-bond donors (Lipinski definition) is 2. The highest BCUT2D eigenvalue weighted by Crippen LogP contribution is 2.35. The van der Waals surface area contributed by atoms with Crippen molar-refractivity contribution >= 4 is 33.3 Å². The number of nitrogens with one attached hydrogen (secondary N) is 1. The molecule has 1 unspecified atom stereocenters. The van der Waals surface area contributed by atoms with Crippen LogP contribution in [0.1, 0.15) is 23.2 Å². The molecule has 5 nitrogen and oxygen atoms in total. The van der Waals surface area contributed by atoms with E-state index >= 15 is 0 Å². The summed E-state index contributed by atoms with van der Waals surface area (Å²) in [7, 11) is 0. The predicted molar refractivity (Wildman–Crippen MR) is 76.8 cm³/mol. The lowest BCUT2D eigenvalue weighted by molar-refractivity contribution is -0.907. The lowest BCUT2D eigenvalue weighted by atomic mass is 10.1. The second-order valence-electron chi connectivity index (χ2n) is 5.36. The van der Waals surface area contributed by atoms with Crippen molar-refractivity contribution in [2.45, 2.75) is 18.9 Å². The Morgan fingerprint density at radius 3 is 2.95 bits per heavy atom. The molecule has 1 saturated heterocycles. The van der Waals surface area contributed by atoms with Gasteiger partial charge >= 0.3 is 5.91 Å². The van der Waals surface area contributed by atoms with Gasteiger partial charge in [0.05, 0.1) is 17.8 Å². The number of aliphatic hydroxyl groups excluding tert-OH is 1. The topological polar surface area (TPSA) is 62.0 Å². The van der Waals surface area contributed by atoms with Gasteiger partial charge < -0.3 is 10.0 Å². The van der Waals surface area contributed by atoms with Gasteiger partial charge in [-0.05, 0) is 40.9 Å². The molecular weight excluding hydrogens is 324 g/mol. The van der Waals surface area contributed by atoms with Gasteiger partial charge in [-0.15, -0.1) is 0 Å². The number of nitrogens with zero attached hydrogens (tertiary/aromatic N) is 1. The van der Waals surface area contributed by atoms with Crippen LogP contribution in [0.3, 0.4) is 0 Å². The third-order valence-corrected chi connectivity index (χ3v) is 4.55. The van der Waals surface area contributed by atoms with Crippen LogP contribution in [-0.2, 0) is 4.79 Å². The van der Waals surface area contributed by atoms with E-state index in [1.165, 1.54) is 4.90 Å². The van der Waals surface area contributed by atoms with Crippen LogP contribution >= 0.6 is 15.9 Å². The number of ketones is 1. The summed E-state index contributed by atoms with van der Waals surface area (Å²) in [4.78, 5) is 26.8. The molecular formula is C14H16BrN2O3+. The number of fused-ring (bicyclic) bond motifs is 1. The van der Waals surface area contributed by atoms with Gasteiger partial charge in [-0.2, -0.15) is 0 Å². The zero-order chi connectivity index (χ0) is 14.3. The SMILES string of the molecule is O=C1C(=O)N(C[NH+]2CCC[C@H](O)C2)c2c(Br)cccc21. The van der Waals surface area contributed by atoms with Crippen LogP contribution in [-0.4, -0.2) is 42.7 Å². The molecule has 3 rings (SSSR count). The maximum Gasteiger partial charge on any atom is 0.303 e. The molecule has 1 fully saturated rings. The summed E-state index contributed by atoms with van der Waals surface area (Å²) >= 11 is 3.41. The summed E-state index contributed by atoms with van der Waals surface area (Å²) in [6.45, 7) is 1.96. The van der Waals surface area contributed by atoms with Crippen LogP contribution in [0.25, 0.3) is 0 Å². The molecule has 0 bridgehead atoms. The maximum absolute atomic E-state index is 12.1. The number of halogens is 1. The number of benzene rings is 1. The number of likely N-dealkylation sites (tertiary alicyclic amines) is 1. The quantitative estimate of drug-likeness (QED) is 0.744. The highest BCUT2D eigenvalue weighted by molar-refractivity contribution is 9.10.